The van der Waals surface area contributed by atoms with Gasteiger partial charge in [-0.15, -0.1) is 11.3 Å². The molecule has 6 heteroatoms. The summed E-state index contributed by atoms with van der Waals surface area (Å²) in [5, 5.41) is 4.34. The van der Waals surface area contributed by atoms with Crippen molar-refractivity contribution in [2.45, 2.75) is 40.2 Å². The van der Waals surface area contributed by atoms with E-state index in [-0.39, 0.29) is 6.04 Å². The van der Waals surface area contributed by atoms with Crippen LogP contribution in [-0.4, -0.2) is 17.5 Å². The smallest absolute Gasteiger partial charge is 0.206 e. The Morgan fingerprint density at radius 3 is 2.71 bits per heavy atom. The fourth-order valence-electron chi connectivity index (χ4n) is 1.58. The van der Waals surface area contributed by atoms with Crippen molar-refractivity contribution in [3.63, 3.8) is 0 Å². The number of hydrazine groups is 1. The number of nitrogens with zero attached hydrogens (tertiary/aromatic N) is 2. The van der Waals surface area contributed by atoms with Gasteiger partial charge in [0, 0.05) is 11.4 Å². The first-order valence-electron chi connectivity index (χ1n) is 5.80. The van der Waals surface area contributed by atoms with Gasteiger partial charge in [-0.3, -0.25) is 10.4 Å². The summed E-state index contributed by atoms with van der Waals surface area (Å²) in [6.07, 6.45) is 1.000. The van der Waals surface area contributed by atoms with E-state index < -0.39 is 0 Å². The molecule has 1 unspecified atom stereocenters. The molecule has 1 rings (SSSR count). The lowest BCUT2D eigenvalue weighted by molar-refractivity contribution is 0.692. The van der Waals surface area contributed by atoms with Crippen LogP contribution in [-0.2, 0) is 0 Å². The van der Waals surface area contributed by atoms with E-state index in [1.54, 1.807) is 11.3 Å². The van der Waals surface area contributed by atoms with Crippen LogP contribution in [0.25, 0.3) is 0 Å². The number of nitrogens with two attached hydrogens (primary N) is 1. The molecule has 1 aromatic rings. The molecule has 0 aliphatic carbocycles. The average molecular weight is 255 g/mol. The third-order valence-corrected chi connectivity index (χ3v) is 3.57. The van der Waals surface area contributed by atoms with Gasteiger partial charge >= 0.3 is 0 Å². The number of rotatable bonds is 4. The summed E-state index contributed by atoms with van der Waals surface area (Å²) >= 11 is 1.70. The van der Waals surface area contributed by atoms with E-state index in [2.05, 4.69) is 34.6 Å². The van der Waals surface area contributed by atoms with E-state index in [0.29, 0.717) is 5.96 Å². The average Bonchev–Trinajstić information content (AvgIpc) is 2.63. The van der Waals surface area contributed by atoms with Crippen molar-refractivity contribution < 1.29 is 0 Å². The lowest BCUT2D eigenvalue weighted by Gasteiger charge is -2.15. The van der Waals surface area contributed by atoms with Gasteiger partial charge in [-0.25, -0.2) is 10.8 Å². The molecule has 96 valence electrons. The Balaban J connectivity index is 2.70. The second-order valence-corrected chi connectivity index (χ2v) is 5.16. The maximum atomic E-state index is 5.43. The molecule has 1 aromatic heterocycles. The van der Waals surface area contributed by atoms with E-state index in [9.17, 15) is 0 Å². The third-order valence-electron chi connectivity index (χ3n) is 2.32. The molecule has 0 spiro atoms. The van der Waals surface area contributed by atoms with Gasteiger partial charge in [0.1, 0.15) is 0 Å². The van der Waals surface area contributed by atoms with Crippen LogP contribution in [0.1, 0.15) is 41.9 Å². The Bertz CT molecular complexity index is 385. The Hall–Kier alpha value is -1.14. The lowest BCUT2D eigenvalue weighted by atomic mass is 10.2. The second kappa shape index (κ2) is 6.56. The van der Waals surface area contributed by atoms with Gasteiger partial charge < -0.3 is 5.32 Å². The minimum atomic E-state index is 0.160. The zero-order valence-corrected chi connectivity index (χ0v) is 11.7. The van der Waals surface area contributed by atoms with Crippen LogP contribution in [0, 0.1) is 13.8 Å². The van der Waals surface area contributed by atoms with E-state index >= 15 is 0 Å². The van der Waals surface area contributed by atoms with Crippen LogP contribution in [0.5, 0.6) is 0 Å². The Morgan fingerprint density at radius 2 is 2.24 bits per heavy atom. The van der Waals surface area contributed by atoms with Crippen molar-refractivity contribution in [1.82, 2.24) is 15.7 Å². The maximum Gasteiger partial charge on any atom is 0.206 e. The van der Waals surface area contributed by atoms with Crippen molar-refractivity contribution in [3.05, 3.63) is 15.6 Å². The predicted molar refractivity (Wildman–Crippen MR) is 73.1 cm³/mol. The molecule has 0 aliphatic rings. The highest BCUT2D eigenvalue weighted by molar-refractivity contribution is 7.11. The molecule has 0 bridgehead atoms. The molecule has 4 N–H and O–H groups in total. The number of aliphatic imine (C=N–C) groups is 1. The van der Waals surface area contributed by atoms with Crippen molar-refractivity contribution >= 4 is 17.3 Å². The number of aromatic nitrogens is 1. The summed E-state index contributed by atoms with van der Waals surface area (Å²) in [4.78, 5) is 9.95. The Labute approximate surface area is 107 Å². The number of hydrogen-bond donors (Lipinski definition) is 3. The summed E-state index contributed by atoms with van der Waals surface area (Å²) in [6, 6.07) is 0.160. The van der Waals surface area contributed by atoms with Gasteiger partial charge in [0.25, 0.3) is 0 Å². The molecule has 0 radical (unpaired) electrons. The summed E-state index contributed by atoms with van der Waals surface area (Å²) in [7, 11) is 0. The van der Waals surface area contributed by atoms with E-state index in [4.69, 9.17) is 5.84 Å². The highest BCUT2D eigenvalue weighted by atomic mass is 32.1. The molecular formula is C11H21N5S. The van der Waals surface area contributed by atoms with Crippen molar-refractivity contribution in [3.8, 4) is 0 Å². The molecular weight excluding hydrogens is 234 g/mol. The monoisotopic (exact) mass is 255 g/mol. The largest absolute Gasteiger partial charge is 0.348 e. The molecule has 0 saturated heterocycles. The normalized spacial score (nSPS) is 13.6. The van der Waals surface area contributed by atoms with E-state index in [1.807, 2.05) is 13.8 Å². The topological polar surface area (TPSA) is 75.3 Å². The lowest BCUT2D eigenvalue weighted by Crippen LogP contribution is -2.42. The molecule has 17 heavy (non-hydrogen) atoms. The number of guanidine groups is 1. The summed E-state index contributed by atoms with van der Waals surface area (Å²) in [5.41, 5.74) is 3.66. The molecule has 1 atom stereocenters. The highest BCUT2D eigenvalue weighted by Crippen LogP contribution is 2.24. The molecule has 0 aliphatic heterocycles. The Morgan fingerprint density at radius 1 is 1.53 bits per heavy atom. The van der Waals surface area contributed by atoms with Gasteiger partial charge in [0.15, 0.2) is 0 Å². The zero-order valence-electron chi connectivity index (χ0n) is 10.9. The first-order valence-corrected chi connectivity index (χ1v) is 6.61. The summed E-state index contributed by atoms with van der Waals surface area (Å²) in [5.74, 6) is 6.06. The van der Waals surface area contributed by atoms with Crippen molar-refractivity contribution in [1.29, 1.82) is 0 Å². The van der Waals surface area contributed by atoms with Crippen LogP contribution in [0.4, 0.5) is 0 Å². The molecule has 1 heterocycles. The van der Waals surface area contributed by atoms with Crippen LogP contribution < -0.4 is 16.6 Å². The van der Waals surface area contributed by atoms with Gasteiger partial charge in [-0.2, -0.15) is 0 Å². The second-order valence-electron chi connectivity index (χ2n) is 3.92. The third kappa shape index (κ3) is 3.98. The van der Waals surface area contributed by atoms with Crippen LogP contribution in [0.15, 0.2) is 4.99 Å². The summed E-state index contributed by atoms with van der Waals surface area (Å²) < 4.78 is 0. The zero-order chi connectivity index (χ0) is 12.8. The predicted octanol–water partition coefficient (Wildman–Crippen LogP) is 1.64. The van der Waals surface area contributed by atoms with Gasteiger partial charge in [0.05, 0.1) is 16.7 Å². The molecule has 5 nitrogen and oxygen atoms in total. The SMILES string of the molecule is CCCN=C(NN)NC(C)c1sc(C)nc1C. The van der Waals surface area contributed by atoms with Gasteiger partial charge in [-0.1, -0.05) is 6.92 Å². The van der Waals surface area contributed by atoms with Crippen LogP contribution in [0.2, 0.25) is 0 Å². The highest BCUT2D eigenvalue weighted by Gasteiger charge is 2.13. The molecule has 0 aromatic carbocycles. The molecule has 0 fully saturated rings. The van der Waals surface area contributed by atoms with E-state index in [1.165, 1.54) is 4.88 Å². The molecule has 0 saturated carbocycles. The number of thiazole rings is 1. The minimum Gasteiger partial charge on any atom is -0.348 e. The standard InChI is InChI=1S/C11H21N5S/c1-5-6-13-11(16-12)15-8(3)10-7(2)14-9(4)17-10/h8H,5-6,12H2,1-4H3,(H2,13,15,16). The van der Waals surface area contributed by atoms with Crippen molar-refractivity contribution in [2.75, 3.05) is 6.54 Å². The van der Waals surface area contributed by atoms with Gasteiger partial charge in [-0.05, 0) is 27.2 Å². The number of hydrogen-bond acceptors (Lipinski definition) is 4. The summed E-state index contributed by atoms with van der Waals surface area (Å²) in [6.45, 7) is 8.97. The fraction of sp³-hybridized carbons (Fsp3) is 0.636. The number of aryl methyl sites for hydroxylation is 2. The quantitative estimate of drug-likeness (QED) is 0.331. The first-order chi connectivity index (χ1) is 8.08. The first kappa shape index (κ1) is 13.9. The fourth-order valence-corrected chi connectivity index (χ4v) is 2.51. The number of nitrogens with one attached hydrogen (secondary N) is 2. The minimum absolute atomic E-state index is 0.160. The van der Waals surface area contributed by atoms with Crippen LogP contribution >= 0.6 is 11.3 Å². The molecule has 0 amide bonds. The van der Waals surface area contributed by atoms with Crippen molar-refractivity contribution in [2.24, 2.45) is 10.8 Å². The van der Waals surface area contributed by atoms with E-state index in [0.717, 1.165) is 23.7 Å². The van der Waals surface area contributed by atoms with Crippen LogP contribution in [0.3, 0.4) is 0 Å². The Kier molecular flexibility index (Phi) is 5.37. The maximum absolute atomic E-state index is 5.43. The van der Waals surface area contributed by atoms with Gasteiger partial charge in [0.2, 0.25) is 5.96 Å².